The third-order valence-electron chi connectivity index (χ3n) is 4.68. The van der Waals surface area contributed by atoms with Crippen molar-refractivity contribution in [2.24, 2.45) is 0 Å². The van der Waals surface area contributed by atoms with Crippen molar-refractivity contribution in [3.8, 4) is 0 Å². The molecule has 0 atom stereocenters. The van der Waals surface area contributed by atoms with Crippen LogP contribution in [0.2, 0.25) is 0 Å². The molecule has 30 heavy (non-hydrogen) atoms. The summed E-state index contributed by atoms with van der Waals surface area (Å²) in [6, 6.07) is 45.2. The Kier molecular flexibility index (Phi) is 6.39. The summed E-state index contributed by atoms with van der Waals surface area (Å²) in [5.41, 5.74) is 4.50. The molecule has 0 heterocycles. The van der Waals surface area contributed by atoms with E-state index in [1.54, 1.807) is 0 Å². The predicted octanol–water partition coefficient (Wildman–Crippen LogP) is 8.01. The van der Waals surface area contributed by atoms with E-state index < -0.39 is 0 Å². The minimum atomic E-state index is 1.11. The maximum Gasteiger partial charge on any atom is 0.0463 e. The monoisotopic (exact) mass is 388 g/mol. The van der Waals surface area contributed by atoms with Crippen LogP contribution in [0.15, 0.2) is 133 Å². The zero-order valence-electron chi connectivity index (χ0n) is 16.7. The highest BCUT2D eigenvalue weighted by atomic mass is 14.9. The van der Waals surface area contributed by atoms with Crippen molar-refractivity contribution >= 4 is 33.5 Å². The van der Waals surface area contributed by atoms with Gasteiger partial charge in [-0.25, -0.2) is 0 Å². The van der Waals surface area contributed by atoms with E-state index in [1.807, 2.05) is 78.9 Å². The van der Waals surface area contributed by atoms with Crippen LogP contribution in [0.4, 0.5) is 22.7 Å². The predicted molar refractivity (Wildman–Crippen MR) is 130 cm³/mol. The summed E-state index contributed by atoms with van der Waals surface area (Å²) in [7, 11) is 0. The standard InChI is InChI=1S/C16H13N.C12H11N/c1-2-9-14(10-3-1)17-16-12-6-8-13-7-4-5-11-15(13)16;1-3-7-11(8-4-1)13-12-9-5-2-6-10-12/h1-12,17H;1-10,13H. The number of hydrogen-bond acceptors (Lipinski definition) is 2. The van der Waals surface area contributed by atoms with Gasteiger partial charge in [-0.15, -0.1) is 0 Å². The second-order valence-corrected chi connectivity index (χ2v) is 6.87. The average Bonchev–Trinajstić information content (AvgIpc) is 2.82. The van der Waals surface area contributed by atoms with Crippen molar-refractivity contribution < 1.29 is 0 Å². The van der Waals surface area contributed by atoms with Crippen LogP contribution in [0.25, 0.3) is 10.8 Å². The van der Waals surface area contributed by atoms with Crippen molar-refractivity contribution in [1.82, 2.24) is 0 Å². The largest absolute Gasteiger partial charge is 0.356 e. The van der Waals surface area contributed by atoms with E-state index in [9.17, 15) is 0 Å². The Morgan fingerprint density at radius 1 is 0.333 bits per heavy atom. The van der Waals surface area contributed by atoms with Crippen LogP contribution in [0.3, 0.4) is 0 Å². The third-order valence-corrected chi connectivity index (χ3v) is 4.68. The van der Waals surface area contributed by atoms with Gasteiger partial charge < -0.3 is 10.6 Å². The molecule has 0 aromatic heterocycles. The first-order chi connectivity index (χ1) is 14.9. The number of fused-ring (bicyclic) bond motifs is 1. The topological polar surface area (TPSA) is 24.1 Å². The van der Waals surface area contributed by atoms with Crippen molar-refractivity contribution in [3.05, 3.63) is 133 Å². The Bertz CT molecular complexity index is 1130. The molecule has 0 fully saturated rings. The Morgan fingerprint density at radius 3 is 1.33 bits per heavy atom. The number of anilines is 4. The Morgan fingerprint density at radius 2 is 0.767 bits per heavy atom. The van der Waals surface area contributed by atoms with Crippen molar-refractivity contribution in [2.45, 2.75) is 0 Å². The molecule has 2 nitrogen and oxygen atoms in total. The molecule has 5 rings (SSSR count). The molecule has 5 aromatic carbocycles. The van der Waals surface area contributed by atoms with Crippen molar-refractivity contribution in [1.29, 1.82) is 0 Å². The van der Waals surface area contributed by atoms with Gasteiger partial charge in [0.15, 0.2) is 0 Å². The lowest BCUT2D eigenvalue weighted by Gasteiger charge is -2.09. The molecule has 0 aliphatic heterocycles. The molecule has 2 heteroatoms. The summed E-state index contributed by atoms with van der Waals surface area (Å²) in [6.07, 6.45) is 0. The van der Waals surface area contributed by atoms with E-state index in [-0.39, 0.29) is 0 Å². The highest BCUT2D eigenvalue weighted by molar-refractivity contribution is 5.95. The first-order valence-corrected chi connectivity index (χ1v) is 10.1. The fourth-order valence-corrected chi connectivity index (χ4v) is 3.22. The smallest absolute Gasteiger partial charge is 0.0463 e. The van der Waals surface area contributed by atoms with Gasteiger partial charge in [0.1, 0.15) is 0 Å². The fraction of sp³-hybridized carbons (Fsp3) is 0. The van der Waals surface area contributed by atoms with Gasteiger partial charge in [-0.2, -0.15) is 0 Å². The molecular formula is C28H24N2. The van der Waals surface area contributed by atoms with Crippen LogP contribution in [0.5, 0.6) is 0 Å². The molecular weight excluding hydrogens is 364 g/mol. The van der Waals surface area contributed by atoms with E-state index in [2.05, 4.69) is 65.2 Å². The van der Waals surface area contributed by atoms with Crippen LogP contribution in [0.1, 0.15) is 0 Å². The Hall–Kier alpha value is -4.04. The first-order valence-electron chi connectivity index (χ1n) is 10.1. The van der Waals surface area contributed by atoms with Gasteiger partial charge in [0, 0.05) is 28.1 Å². The van der Waals surface area contributed by atoms with Gasteiger partial charge in [0.25, 0.3) is 0 Å². The van der Waals surface area contributed by atoms with E-state index in [0.717, 1.165) is 22.7 Å². The summed E-state index contributed by atoms with van der Waals surface area (Å²) >= 11 is 0. The summed E-state index contributed by atoms with van der Waals surface area (Å²) < 4.78 is 0. The van der Waals surface area contributed by atoms with Crippen LogP contribution in [0, 0.1) is 0 Å². The molecule has 0 spiro atoms. The van der Waals surface area contributed by atoms with Crippen LogP contribution < -0.4 is 10.6 Å². The number of hydrogen-bond donors (Lipinski definition) is 2. The van der Waals surface area contributed by atoms with Gasteiger partial charge in [0.05, 0.1) is 0 Å². The SMILES string of the molecule is c1ccc(Nc2cccc3ccccc23)cc1.c1ccc(Nc2ccccc2)cc1. The lowest BCUT2D eigenvalue weighted by atomic mass is 10.1. The molecule has 0 radical (unpaired) electrons. The third kappa shape index (κ3) is 5.27. The highest BCUT2D eigenvalue weighted by Gasteiger charge is 1.99. The average molecular weight is 389 g/mol. The normalized spacial score (nSPS) is 10.0. The fourth-order valence-electron chi connectivity index (χ4n) is 3.22. The number of para-hydroxylation sites is 3. The number of rotatable bonds is 4. The molecule has 0 saturated heterocycles. The second kappa shape index (κ2) is 9.94. The van der Waals surface area contributed by atoms with Gasteiger partial charge >= 0.3 is 0 Å². The summed E-state index contributed by atoms with van der Waals surface area (Å²) in [5, 5.41) is 9.26. The minimum absolute atomic E-state index is 1.11. The van der Waals surface area contributed by atoms with Crippen LogP contribution in [-0.4, -0.2) is 0 Å². The lowest BCUT2D eigenvalue weighted by Crippen LogP contribution is -1.90. The minimum Gasteiger partial charge on any atom is -0.356 e. The van der Waals surface area contributed by atoms with Crippen LogP contribution in [-0.2, 0) is 0 Å². The Balaban J connectivity index is 0.000000151. The molecule has 5 aromatic rings. The van der Waals surface area contributed by atoms with Gasteiger partial charge in [-0.1, -0.05) is 91.0 Å². The zero-order valence-corrected chi connectivity index (χ0v) is 16.7. The molecule has 0 aliphatic rings. The lowest BCUT2D eigenvalue weighted by molar-refractivity contribution is 1.55. The quantitative estimate of drug-likeness (QED) is 0.326. The van der Waals surface area contributed by atoms with E-state index in [1.165, 1.54) is 10.8 Å². The number of nitrogens with one attached hydrogen (secondary N) is 2. The van der Waals surface area contributed by atoms with Gasteiger partial charge in [-0.3, -0.25) is 0 Å². The van der Waals surface area contributed by atoms with E-state index >= 15 is 0 Å². The first kappa shape index (κ1) is 19.3. The maximum atomic E-state index is 3.45. The molecule has 0 unspecified atom stereocenters. The second-order valence-electron chi connectivity index (χ2n) is 6.87. The van der Waals surface area contributed by atoms with Gasteiger partial charge in [-0.05, 0) is 47.9 Å². The van der Waals surface area contributed by atoms with Crippen LogP contribution >= 0.6 is 0 Å². The van der Waals surface area contributed by atoms with Crippen molar-refractivity contribution in [2.75, 3.05) is 10.6 Å². The molecule has 2 N–H and O–H groups in total. The van der Waals surface area contributed by atoms with E-state index in [0.29, 0.717) is 0 Å². The van der Waals surface area contributed by atoms with Gasteiger partial charge in [0.2, 0.25) is 0 Å². The molecule has 0 amide bonds. The zero-order chi connectivity index (χ0) is 20.4. The number of benzene rings is 5. The highest BCUT2D eigenvalue weighted by Crippen LogP contribution is 2.25. The summed E-state index contributed by atoms with van der Waals surface area (Å²) in [4.78, 5) is 0. The Labute approximate surface area is 177 Å². The van der Waals surface area contributed by atoms with E-state index in [4.69, 9.17) is 0 Å². The summed E-state index contributed by atoms with van der Waals surface area (Å²) in [6.45, 7) is 0. The molecule has 0 aliphatic carbocycles. The summed E-state index contributed by atoms with van der Waals surface area (Å²) in [5.74, 6) is 0. The molecule has 0 bridgehead atoms. The molecule has 0 saturated carbocycles. The molecule has 146 valence electrons. The maximum absolute atomic E-state index is 3.45. The van der Waals surface area contributed by atoms with Crippen molar-refractivity contribution in [3.63, 3.8) is 0 Å².